The summed E-state index contributed by atoms with van der Waals surface area (Å²) in [6.45, 7) is 7.50. The number of carboxylic acid groups (broad SMARTS) is 1. The van der Waals surface area contributed by atoms with Crippen LogP contribution in [0.5, 0.6) is 0 Å². The Labute approximate surface area is 295 Å². The monoisotopic (exact) mass is 681 g/mol. The Bertz CT molecular complexity index is 2290. The number of benzene rings is 3. The molecular weight excluding hydrogens is 642 g/mol. The number of likely N-dealkylation sites (tertiary alicyclic amines) is 1. The van der Waals surface area contributed by atoms with Crippen LogP contribution in [-0.4, -0.2) is 61.8 Å². The number of carbonyl (C=O) groups is 1. The van der Waals surface area contributed by atoms with Gasteiger partial charge < -0.3 is 25.3 Å². The number of nitrogens with one attached hydrogen (secondary N) is 2. The molecule has 0 amide bonds. The summed E-state index contributed by atoms with van der Waals surface area (Å²) in [6, 6.07) is 22.2. The number of carboxylic acids is 1. The Hall–Kier alpha value is -5.67. The second kappa shape index (κ2) is 14.7. The van der Waals surface area contributed by atoms with Gasteiger partial charge in [-0.25, -0.2) is 9.97 Å². The van der Waals surface area contributed by atoms with E-state index in [1.165, 1.54) is 0 Å². The second-order valence-electron chi connectivity index (χ2n) is 13.1. The number of aliphatic carboxylic acids is 1. The third-order valence-corrected chi connectivity index (χ3v) is 9.49. The van der Waals surface area contributed by atoms with Gasteiger partial charge in [0.15, 0.2) is 11.4 Å². The maximum Gasteiger partial charge on any atom is 0.303 e. The van der Waals surface area contributed by atoms with Crippen molar-refractivity contribution in [2.45, 2.75) is 52.3 Å². The molecule has 4 N–H and O–H groups in total. The fourth-order valence-electron chi connectivity index (χ4n) is 6.84. The second-order valence-corrected chi connectivity index (χ2v) is 13.1. The molecule has 1 saturated heterocycles. The lowest BCUT2D eigenvalue weighted by Gasteiger charge is -2.17. The van der Waals surface area contributed by atoms with E-state index < -0.39 is 5.97 Å². The number of hydrogen-bond donors (Lipinski definition) is 4. The molecule has 11 nitrogen and oxygen atoms in total. The molecule has 4 heterocycles. The van der Waals surface area contributed by atoms with Crippen molar-refractivity contribution in [2.75, 3.05) is 25.0 Å². The van der Waals surface area contributed by atoms with Gasteiger partial charge in [-0.1, -0.05) is 24.3 Å². The number of nitriles is 1. The molecule has 3 aromatic heterocycles. The Morgan fingerprint density at radius 2 is 1.84 bits per heavy atom. The van der Waals surface area contributed by atoms with Crippen molar-refractivity contribution in [3.63, 3.8) is 0 Å². The highest BCUT2D eigenvalue weighted by atomic mass is 16.4. The molecule has 3 aromatic carbocycles. The van der Waals surface area contributed by atoms with Crippen LogP contribution in [0, 0.1) is 25.2 Å². The van der Waals surface area contributed by atoms with Gasteiger partial charge in [-0.2, -0.15) is 5.26 Å². The predicted molar refractivity (Wildman–Crippen MR) is 196 cm³/mol. The Morgan fingerprint density at radius 1 is 1.04 bits per heavy atom. The molecule has 0 spiro atoms. The van der Waals surface area contributed by atoms with Crippen LogP contribution in [0.1, 0.15) is 47.1 Å². The van der Waals surface area contributed by atoms with E-state index in [9.17, 15) is 15.2 Å². The number of nitrogens with zero attached hydrogens (tertiary/aromatic N) is 5. The fraction of sp³-hybridized carbons (Fsp3) is 0.275. The van der Waals surface area contributed by atoms with E-state index in [-0.39, 0.29) is 12.5 Å². The zero-order valence-corrected chi connectivity index (χ0v) is 28.6. The van der Waals surface area contributed by atoms with Gasteiger partial charge in [0.05, 0.1) is 11.7 Å². The molecule has 1 fully saturated rings. The lowest BCUT2D eigenvalue weighted by molar-refractivity contribution is -0.137. The van der Waals surface area contributed by atoms with Crippen LogP contribution in [0.15, 0.2) is 77.5 Å². The summed E-state index contributed by atoms with van der Waals surface area (Å²) in [6.07, 6.45) is 4.87. The minimum absolute atomic E-state index is 0.105. The van der Waals surface area contributed by atoms with Crippen molar-refractivity contribution in [3.8, 4) is 28.7 Å². The minimum atomic E-state index is -0.819. The highest BCUT2D eigenvalue weighted by Gasteiger charge is 2.21. The van der Waals surface area contributed by atoms with Crippen molar-refractivity contribution in [1.82, 2.24) is 25.2 Å². The largest absolute Gasteiger partial charge is 0.481 e. The average Bonchev–Trinajstić information content (AvgIpc) is 3.74. The highest BCUT2D eigenvalue weighted by Crippen LogP contribution is 2.37. The van der Waals surface area contributed by atoms with Crippen LogP contribution < -0.4 is 10.6 Å². The standard InChI is InChI=1S/C40H39N7O4/c1-24-31(6-3-8-33(24)40-46-35-18-26(16-29(19-41)38(35)51-40)20-42-13-5-10-36(49)50)32-7-4-9-34(25(32)2)45-39-37-28(11-14-43-39)17-27(21-44-37)22-47-15-12-30(48)23-47/h3-4,6-9,11,14,16-18,21,30,42,48H,5,10,12-13,15,20,22-23H2,1-2H3,(H,43,45)(H,49,50)/t30-/m1/s1. The number of aromatic nitrogens is 3. The molecule has 11 heteroatoms. The van der Waals surface area contributed by atoms with Crippen LogP contribution in [0.3, 0.4) is 0 Å². The summed E-state index contributed by atoms with van der Waals surface area (Å²) >= 11 is 0. The molecular formula is C40H39N7O4. The van der Waals surface area contributed by atoms with Gasteiger partial charge in [-0.05, 0) is 103 Å². The molecule has 51 heavy (non-hydrogen) atoms. The lowest BCUT2D eigenvalue weighted by Crippen LogP contribution is -2.21. The van der Waals surface area contributed by atoms with Crippen molar-refractivity contribution >= 4 is 39.5 Å². The molecule has 0 aliphatic carbocycles. The highest BCUT2D eigenvalue weighted by molar-refractivity contribution is 5.91. The Morgan fingerprint density at radius 3 is 2.63 bits per heavy atom. The third kappa shape index (κ3) is 7.30. The zero-order valence-electron chi connectivity index (χ0n) is 28.6. The minimum Gasteiger partial charge on any atom is -0.481 e. The van der Waals surface area contributed by atoms with E-state index >= 15 is 0 Å². The molecule has 0 unspecified atom stereocenters. The first-order chi connectivity index (χ1) is 24.8. The molecule has 0 radical (unpaired) electrons. The van der Waals surface area contributed by atoms with Gasteiger partial charge in [0.2, 0.25) is 5.89 Å². The van der Waals surface area contributed by atoms with Crippen molar-refractivity contribution in [3.05, 3.63) is 101 Å². The van der Waals surface area contributed by atoms with Gasteiger partial charge in [0.1, 0.15) is 17.1 Å². The maximum atomic E-state index is 10.8. The van der Waals surface area contributed by atoms with Crippen molar-refractivity contribution < 1.29 is 19.4 Å². The average molecular weight is 682 g/mol. The van der Waals surface area contributed by atoms with Gasteiger partial charge in [0.25, 0.3) is 0 Å². The summed E-state index contributed by atoms with van der Waals surface area (Å²) in [4.78, 5) is 27.3. The van der Waals surface area contributed by atoms with E-state index in [2.05, 4.69) is 51.7 Å². The SMILES string of the molecule is Cc1c(Nc2nccc3cc(CN4CC[C@@H](O)C4)cnc23)cccc1-c1cccc(-c2nc3cc(CNCCCC(=O)O)cc(C#N)c3o2)c1C. The Balaban J connectivity index is 1.14. The smallest absolute Gasteiger partial charge is 0.303 e. The van der Waals surface area contributed by atoms with Gasteiger partial charge in [-0.3, -0.25) is 14.7 Å². The summed E-state index contributed by atoms with van der Waals surface area (Å²) in [5.41, 5.74) is 10.1. The number of β-amino-alcohol motifs (C(OH)–C–C–N with tert-alkyl or cyclic N) is 1. The van der Waals surface area contributed by atoms with Crippen molar-refractivity contribution in [2.24, 2.45) is 0 Å². The number of fused-ring (bicyclic) bond motifs is 2. The molecule has 0 bridgehead atoms. The van der Waals surface area contributed by atoms with E-state index in [0.717, 1.165) is 75.0 Å². The first-order valence-electron chi connectivity index (χ1n) is 17.1. The summed E-state index contributed by atoms with van der Waals surface area (Å²) in [5.74, 6) is 0.294. The number of pyridine rings is 2. The quantitative estimate of drug-likeness (QED) is 0.1000. The number of anilines is 2. The van der Waals surface area contributed by atoms with E-state index in [1.54, 1.807) is 12.3 Å². The van der Waals surface area contributed by atoms with Crippen LogP contribution in [0.25, 0.3) is 44.6 Å². The van der Waals surface area contributed by atoms with Crippen LogP contribution >= 0.6 is 0 Å². The molecule has 1 aliphatic heterocycles. The topological polar surface area (TPSA) is 160 Å². The van der Waals surface area contributed by atoms with Gasteiger partial charge in [0, 0.05) is 61.6 Å². The first kappa shape index (κ1) is 33.8. The Kier molecular flexibility index (Phi) is 9.72. The fourth-order valence-corrected chi connectivity index (χ4v) is 6.84. The van der Waals surface area contributed by atoms with Gasteiger partial charge >= 0.3 is 5.97 Å². The molecule has 0 saturated carbocycles. The van der Waals surface area contributed by atoms with E-state index in [4.69, 9.17) is 19.5 Å². The molecule has 1 atom stereocenters. The predicted octanol–water partition coefficient (Wildman–Crippen LogP) is 6.86. The molecule has 6 aromatic rings. The lowest BCUT2D eigenvalue weighted by atomic mass is 9.93. The number of rotatable bonds is 12. The normalized spacial score (nSPS) is 14.7. The van der Waals surface area contributed by atoms with E-state index in [0.29, 0.717) is 54.4 Å². The van der Waals surface area contributed by atoms with Crippen LogP contribution in [0.2, 0.25) is 0 Å². The zero-order chi connectivity index (χ0) is 35.5. The summed E-state index contributed by atoms with van der Waals surface area (Å²) in [5, 5.41) is 36.5. The van der Waals surface area contributed by atoms with Crippen molar-refractivity contribution in [1.29, 1.82) is 5.26 Å². The third-order valence-electron chi connectivity index (χ3n) is 9.49. The first-order valence-corrected chi connectivity index (χ1v) is 17.1. The van der Waals surface area contributed by atoms with Gasteiger partial charge in [-0.15, -0.1) is 0 Å². The molecule has 258 valence electrons. The van der Waals surface area contributed by atoms with Crippen LogP contribution in [-0.2, 0) is 17.9 Å². The number of aliphatic hydroxyl groups excluding tert-OH is 1. The number of hydrogen-bond acceptors (Lipinski definition) is 10. The van der Waals surface area contributed by atoms with Crippen LogP contribution in [0.4, 0.5) is 11.5 Å². The number of oxazole rings is 1. The summed E-state index contributed by atoms with van der Waals surface area (Å²) in [7, 11) is 0. The molecule has 1 aliphatic rings. The summed E-state index contributed by atoms with van der Waals surface area (Å²) < 4.78 is 6.24. The molecule has 7 rings (SSSR count). The maximum absolute atomic E-state index is 10.8. The number of aliphatic hydroxyl groups is 1. The van der Waals surface area contributed by atoms with E-state index in [1.807, 2.05) is 49.5 Å².